The molecule has 0 spiro atoms. The van der Waals surface area contributed by atoms with E-state index in [1.807, 2.05) is 0 Å². The maximum absolute atomic E-state index is 13.5. The highest BCUT2D eigenvalue weighted by Gasteiger charge is 2.16. The highest BCUT2D eigenvalue weighted by Crippen LogP contribution is 2.25. The molecule has 16 heavy (non-hydrogen) atoms. The van der Waals surface area contributed by atoms with E-state index in [-0.39, 0.29) is 23.4 Å². The van der Waals surface area contributed by atoms with Gasteiger partial charge >= 0.3 is 5.97 Å². The number of aliphatic hydroxyl groups excluding tert-OH is 1. The van der Waals surface area contributed by atoms with Gasteiger partial charge in [-0.15, -0.1) is 0 Å². The Morgan fingerprint density at radius 3 is 2.94 bits per heavy atom. The summed E-state index contributed by atoms with van der Waals surface area (Å²) < 4.78 is 17.9. The van der Waals surface area contributed by atoms with Crippen molar-refractivity contribution in [3.63, 3.8) is 0 Å². The van der Waals surface area contributed by atoms with Crippen LogP contribution in [-0.2, 0) is 9.53 Å². The molecule has 1 N–H and O–H groups in total. The molecule has 0 radical (unpaired) electrons. The number of rotatable bonds is 4. The Kier molecular flexibility index (Phi) is 4.71. The van der Waals surface area contributed by atoms with E-state index < -0.39 is 17.9 Å². The number of ether oxygens (including phenoxy) is 1. The quantitative estimate of drug-likeness (QED) is 0.831. The SMILES string of the molecule is COC(=O)CCC(O)c1cccc(Cl)c1F. The number of carbonyl (C=O) groups excluding carboxylic acids is 1. The van der Waals surface area contributed by atoms with Crippen LogP contribution in [0.15, 0.2) is 18.2 Å². The predicted octanol–water partition coefficient (Wildman–Crippen LogP) is 2.47. The summed E-state index contributed by atoms with van der Waals surface area (Å²) in [5, 5.41) is 9.62. The minimum atomic E-state index is -1.06. The molecule has 88 valence electrons. The number of methoxy groups -OCH3 is 1. The van der Waals surface area contributed by atoms with Crippen molar-refractivity contribution in [2.75, 3.05) is 7.11 Å². The van der Waals surface area contributed by atoms with Gasteiger partial charge in [0.1, 0.15) is 5.82 Å². The first-order chi connectivity index (χ1) is 7.56. The fourth-order valence-corrected chi connectivity index (χ4v) is 1.47. The summed E-state index contributed by atoms with van der Waals surface area (Å²) in [5.41, 5.74) is 0.0939. The normalized spacial score (nSPS) is 12.2. The van der Waals surface area contributed by atoms with E-state index in [4.69, 9.17) is 11.6 Å². The van der Waals surface area contributed by atoms with Crippen LogP contribution in [0, 0.1) is 5.82 Å². The fraction of sp³-hybridized carbons (Fsp3) is 0.364. The number of carbonyl (C=O) groups is 1. The zero-order chi connectivity index (χ0) is 12.1. The zero-order valence-electron chi connectivity index (χ0n) is 8.74. The predicted molar refractivity (Wildman–Crippen MR) is 57.6 cm³/mol. The Hall–Kier alpha value is -1.13. The van der Waals surface area contributed by atoms with Crippen molar-refractivity contribution < 1.29 is 19.0 Å². The molecule has 3 nitrogen and oxygen atoms in total. The second-order valence-electron chi connectivity index (χ2n) is 3.27. The van der Waals surface area contributed by atoms with Gasteiger partial charge in [0.15, 0.2) is 0 Å². The molecule has 1 aromatic rings. The Morgan fingerprint density at radius 1 is 1.62 bits per heavy atom. The highest BCUT2D eigenvalue weighted by molar-refractivity contribution is 6.30. The molecular weight excluding hydrogens is 235 g/mol. The fourth-order valence-electron chi connectivity index (χ4n) is 1.29. The van der Waals surface area contributed by atoms with E-state index in [1.165, 1.54) is 19.2 Å². The van der Waals surface area contributed by atoms with Crippen molar-refractivity contribution in [3.8, 4) is 0 Å². The van der Waals surface area contributed by atoms with Gasteiger partial charge in [-0.05, 0) is 12.5 Å². The number of esters is 1. The van der Waals surface area contributed by atoms with E-state index in [2.05, 4.69) is 4.74 Å². The molecule has 0 aliphatic heterocycles. The van der Waals surface area contributed by atoms with Gasteiger partial charge in [-0.3, -0.25) is 4.79 Å². The van der Waals surface area contributed by atoms with Gasteiger partial charge in [-0.1, -0.05) is 23.7 Å². The molecule has 0 fully saturated rings. The topological polar surface area (TPSA) is 46.5 Å². The van der Waals surface area contributed by atoms with Crippen LogP contribution < -0.4 is 0 Å². The first-order valence-electron chi connectivity index (χ1n) is 4.75. The molecule has 0 aliphatic carbocycles. The molecule has 1 atom stereocenters. The third-order valence-corrected chi connectivity index (χ3v) is 2.48. The number of hydrogen-bond donors (Lipinski definition) is 1. The summed E-state index contributed by atoms with van der Waals surface area (Å²) >= 11 is 5.57. The van der Waals surface area contributed by atoms with E-state index in [9.17, 15) is 14.3 Å². The van der Waals surface area contributed by atoms with Crippen molar-refractivity contribution >= 4 is 17.6 Å². The lowest BCUT2D eigenvalue weighted by Crippen LogP contribution is -2.06. The van der Waals surface area contributed by atoms with Crippen LogP contribution in [0.2, 0.25) is 5.02 Å². The molecule has 1 rings (SSSR count). The maximum atomic E-state index is 13.5. The van der Waals surface area contributed by atoms with Crippen LogP contribution in [0.3, 0.4) is 0 Å². The number of benzene rings is 1. The molecule has 5 heteroatoms. The molecule has 0 bridgehead atoms. The largest absolute Gasteiger partial charge is 0.469 e. The summed E-state index contributed by atoms with van der Waals surface area (Å²) in [6.07, 6.45) is -0.925. The lowest BCUT2D eigenvalue weighted by Gasteiger charge is -2.11. The highest BCUT2D eigenvalue weighted by atomic mass is 35.5. The van der Waals surface area contributed by atoms with Crippen molar-refractivity contribution in [2.24, 2.45) is 0 Å². The summed E-state index contributed by atoms with van der Waals surface area (Å²) in [7, 11) is 1.26. The molecule has 1 unspecified atom stereocenters. The standard InChI is InChI=1S/C11H12ClFO3/c1-16-10(15)6-5-9(14)7-3-2-4-8(12)11(7)13/h2-4,9,14H,5-6H2,1H3. The van der Waals surface area contributed by atoms with Crippen LogP contribution in [0.1, 0.15) is 24.5 Å². The number of aliphatic hydroxyl groups is 1. The molecular formula is C11H12ClFO3. The maximum Gasteiger partial charge on any atom is 0.305 e. The average molecular weight is 247 g/mol. The van der Waals surface area contributed by atoms with Crippen LogP contribution in [0.4, 0.5) is 4.39 Å². The Labute approximate surface area is 97.8 Å². The van der Waals surface area contributed by atoms with E-state index in [0.717, 1.165) is 0 Å². The van der Waals surface area contributed by atoms with Crippen molar-refractivity contribution in [2.45, 2.75) is 18.9 Å². The monoisotopic (exact) mass is 246 g/mol. The number of hydrogen-bond acceptors (Lipinski definition) is 3. The first-order valence-corrected chi connectivity index (χ1v) is 5.13. The molecule has 1 aromatic carbocycles. The van der Waals surface area contributed by atoms with Crippen LogP contribution in [0.25, 0.3) is 0 Å². The summed E-state index contributed by atoms with van der Waals surface area (Å²) in [4.78, 5) is 10.8. The molecule has 0 amide bonds. The van der Waals surface area contributed by atoms with E-state index in [0.29, 0.717) is 0 Å². The van der Waals surface area contributed by atoms with E-state index in [1.54, 1.807) is 6.07 Å². The lowest BCUT2D eigenvalue weighted by molar-refractivity contribution is -0.141. The van der Waals surface area contributed by atoms with E-state index >= 15 is 0 Å². The van der Waals surface area contributed by atoms with Crippen LogP contribution in [0.5, 0.6) is 0 Å². The lowest BCUT2D eigenvalue weighted by atomic mass is 10.0. The third-order valence-electron chi connectivity index (χ3n) is 2.19. The van der Waals surface area contributed by atoms with Crippen LogP contribution in [-0.4, -0.2) is 18.2 Å². The summed E-state index contributed by atoms with van der Waals surface area (Å²) in [5.74, 6) is -1.09. The second-order valence-corrected chi connectivity index (χ2v) is 3.68. The van der Waals surface area contributed by atoms with Gasteiger partial charge < -0.3 is 9.84 Å². The van der Waals surface area contributed by atoms with Gasteiger partial charge in [-0.25, -0.2) is 4.39 Å². The Balaban J connectivity index is 2.69. The van der Waals surface area contributed by atoms with Crippen LogP contribution >= 0.6 is 11.6 Å². The molecule has 0 heterocycles. The number of halogens is 2. The van der Waals surface area contributed by atoms with Gasteiger partial charge in [0.05, 0.1) is 18.2 Å². The average Bonchev–Trinajstić information content (AvgIpc) is 2.29. The van der Waals surface area contributed by atoms with Crippen molar-refractivity contribution in [1.29, 1.82) is 0 Å². The second kappa shape index (κ2) is 5.82. The zero-order valence-corrected chi connectivity index (χ0v) is 9.50. The summed E-state index contributed by atoms with van der Waals surface area (Å²) in [6.45, 7) is 0. The van der Waals surface area contributed by atoms with Gasteiger partial charge in [0.25, 0.3) is 0 Å². The first kappa shape index (κ1) is 12.9. The van der Waals surface area contributed by atoms with Gasteiger partial charge in [-0.2, -0.15) is 0 Å². The van der Waals surface area contributed by atoms with Gasteiger partial charge in [0, 0.05) is 12.0 Å². The third kappa shape index (κ3) is 3.18. The van der Waals surface area contributed by atoms with Crippen molar-refractivity contribution in [3.05, 3.63) is 34.6 Å². The van der Waals surface area contributed by atoms with Gasteiger partial charge in [0.2, 0.25) is 0 Å². The Morgan fingerprint density at radius 2 is 2.31 bits per heavy atom. The molecule has 0 saturated heterocycles. The molecule has 0 saturated carbocycles. The van der Waals surface area contributed by atoms with Crippen molar-refractivity contribution in [1.82, 2.24) is 0 Å². The molecule has 0 aromatic heterocycles. The minimum absolute atomic E-state index is 0.0314. The summed E-state index contributed by atoms with van der Waals surface area (Å²) in [6, 6.07) is 4.37. The Bertz CT molecular complexity index is 381. The minimum Gasteiger partial charge on any atom is -0.469 e. The molecule has 0 aliphatic rings. The smallest absolute Gasteiger partial charge is 0.305 e.